The second-order valence-corrected chi connectivity index (χ2v) is 4.39. The summed E-state index contributed by atoms with van der Waals surface area (Å²) >= 11 is 0. The van der Waals surface area contributed by atoms with Crippen LogP contribution in [0.1, 0.15) is 19.3 Å². The molecule has 1 aliphatic rings. The average Bonchev–Trinajstić information content (AvgIpc) is 2.58. The Hall–Kier alpha value is -0.160. The first-order valence-electron chi connectivity index (χ1n) is 5.20. The molecular formula is C10H22N2O2. The summed E-state index contributed by atoms with van der Waals surface area (Å²) in [4.78, 5) is 2.27. The van der Waals surface area contributed by atoms with Crippen LogP contribution in [0.15, 0.2) is 0 Å². The van der Waals surface area contributed by atoms with E-state index >= 15 is 0 Å². The average molecular weight is 202 g/mol. The van der Waals surface area contributed by atoms with E-state index in [0.717, 1.165) is 32.4 Å². The number of ether oxygens (including phenoxy) is 1. The van der Waals surface area contributed by atoms with Crippen molar-refractivity contribution in [2.45, 2.75) is 30.8 Å². The molecule has 1 fully saturated rings. The number of likely N-dealkylation sites (N-methyl/N-ethyl adjacent to an activating group) is 1. The third kappa shape index (κ3) is 2.92. The van der Waals surface area contributed by atoms with Gasteiger partial charge in [-0.2, -0.15) is 0 Å². The van der Waals surface area contributed by atoms with Gasteiger partial charge in [0, 0.05) is 25.2 Å². The minimum atomic E-state index is -0.341. The summed E-state index contributed by atoms with van der Waals surface area (Å²) in [6.07, 6.45) is 2.90. The van der Waals surface area contributed by atoms with Crippen molar-refractivity contribution in [1.29, 1.82) is 0 Å². The van der Waals surface area contributed by atoms with Crippen molar-refractivity contribution in [2.75, 3.05) is 33.9 Å². The van der Waals surface area contributed by atoms with Gasteiger partial charge in [0.15, 0.2) is 0 Å². The Labute approximate surface area is 86.0 Å². The van der Waals surface area contributed by atoms with E-state index in [1.165, 1.54) is 0 Å². The molecule has 0 aromatic heterocycles. The minimum Gasteiger partial charge on any atom is -0.394 e. The molecule has 2 unspecified atom stereocenters. The number of aliphatic hydroxyl groups excluding tert-OH is 1. The van der Waals surface area contributed by atoms with Crippen LogP contribution in [0.25, 0.3) is 0 Å². The molecule has 0 aliphatic heterocycles. The van der Waals surface area contributed by atoms with Crippen molar-refractivity contribution in [3.05, 3.63) is 0 Å². The van der Waals surface area contributed by atoms with Crippen LogP contribution in [-0.4, -0.2) is 55.5 Å². The van der Waals surface area contributed by atoms with E-state index in [1.807, 2.05) is 0 Å². The Balaban J connectivity index is 2.33. The lowest BCUT2D eigenvalue weighted by Crippen LogP contribution is -2.43. The Bertz CT molecular complexity index is 178. The molecule has 84 valence electrons. The highest BCUT2D eigenvalue weighted by Crippen LogP contribution is 2.30. The molecule has 0 spiro atoms. The van der Waals surface area contributed by atoms with Gasteiger partial charge in [0.2, 0.25) is 0 Å². The molecule has 1 saturated carbocycles. The SMILES string of the molecule is COCCN(C)C1CCC(N)(CO)C1. The molecule has 3 N–H and O–H groups in total. The van der Waals surface area contributed by atoms with Crippen molar-refractivity contribution in [1.82, 2.24) is 4.90 Å². The van der Waals surface area contributed by atoms with Gasteiger partial charge in [-0.15, -0.1) is 0 Å². The van der Waals surface area contributed by atoms with Gasteiger partial charge in [0.05, 0.1) is 13.2 Å². The minimum absolute atomic E-state index is 0.0988. The van der Waals surface area contributed by atoms with Crippen LogP contribution in [-0.2, 0) is 4.74 Å². The van der Waals surface area contributed by atoms with Crippen molar-refractivity contribution < 1.29 is 9.84 Å². The molecular weight excluding hydrogens is 180 g/mol. The third-order valence-corrected chi connectivity index (χ3v) is 3.20. The largest absolute Gasteiger partial charge is 0.394 e. The van der Waals surface area contributed by atoms with Crippen LogP contribution >= 0.6 is 0 Å². The first-order chi connectivity index (χ1) is 6.61. The molecule has 0 amide bonds. The highest BCUT2D eigenvalue weighted by atomic mass is 16.5. The van der Waals surface area contributed by atoms with Crippen molar-refractivity contribution in [2.24, 2.45) is 5.73 Å². The fourth-order valence-corrected chi connectivity index (χ4v) is 2.07. The number of nitrogens with two attached hydrogens (primary N) is 1. The molecule has 1 rings (SSSR count). The summed E-state index contributed by atoms with van der Waals surface area (Å²) in [5.74, 6) is 0. The zero-order chi connectivity index (χ0) is 10.6. The zero-order valence-corrected chi connectivity index (χ0v) is 9.20. The monoisotopic (exact) mass is 202 g/mol. The van der Waals surface area contributed by atoms with Gasteiger partial charge >= 0.3 is 0 Å². The van der Waals surface area contributed by atoms with Crippen molar-refractivity contribution in [3.63, 3.8) is 0 Å². The van der Waals surface area contributed by atoms with E-state index < -0.39 is 0 Å². The molecule has 1 aliphatic carbocycles. The molecule has 14 heavy (non-hydrogen) atoms. The molecule has 0 bridgehead atoms. The van der Waals surface area contributed by atoms with Gasteiger partial charge in [-0.25, -0.2) is 0 Å². The number of aliphatic hydroxyl groups is 1. The van der Waals surface area contributed by atoms with Gasteiger partial charge in [-0.1, -0.05) is 0 Å². The lowest BCUT2D eigenvalue weighted by atomic mass is 10.0. The van der Waals surface area contributed by atoms with Gasteiger partial charge < -0.3 is 20.5 Å². The van der Waals surface area contributed by atoms with E-state index in [-0.39, 0.29) is 12.1 Å². The molecule has 0 saturated heterocycles. The van der Waals surface area contributed by atoms with Crippen LogP contribution in [0.4, 0.5) is 0 Å². The second-order valence-electron chi connectivity index (χ2n) is 4.39. The number of nitrogens with zero attached hydrogens (tertiary/aromatic N) is 1. The number of hydrogen-bond acceptors (Lipinski definition) is 4. The number of rotatable bonds is 5. The third-order valence-electron chi connectivity index (χ3n) is 3.20. The van der Waals surface area contributed by atoms with Crippen LogP contribution in [0, 0.1) is 0 Å². The Morgan fingerprint density at radius 2 is 2.36 bits per heavy atom. The predicted molar refractivity (Wildman–Crippen MR) is 56.1 cm³/mol. The number of methoxy groups -OCH3 is 1. The summed E-state index contributed by atoms with van der Waals surface area (Å²) in [6, 6.07) is 0.502. The summed E-state index contributed by atoms with van der Waals surface area (Å²) in [7, 11) is 3.80. The highest BCUT2D eigenvalue weighted by molar-refractivity contribution is 4.96. The molecule has 0 heterocycles. The van der Waals surface area contributed by atoms with E-state index in [1.54, 1.807) is 7.11 Å². The maximum absolute atomic E-state index is 9.13. The summed E-state index contributed by atoms with van der Waals surface area (Å²) in [5.41, 5.74) is 5.67. The Morgan fingerprint density at radius 1 is 1.64 bits per heavy atom. The van der Waals surface area contributed by atoms with E-state index in [2.05, 4.69) is 11.9 Å². The fourth-order valence-electron chi connectivity index (χ4n) is 2.07. The van der Waals surface area contributed by atoms with E-state index in [0.29, 0.717) is 6.04 Å². The van der Waals surface area contributed by atoms with Crippen LogP contribution in [0.2, 0.25) is 0 Å². The maximum Gasteiger partial charge on any atom is 0.0611 e. The standard InChI is InChI=1S/C10H22N2O2/c1-12(5-6-14-2)9-3-4-10(11,7-9)8-13/h9,13H,3-8,11H2,1-2H3. The topological polar surface area (TPSA) is 58.7 Å². The molecule has 4 heteroatoms. The molecule has 0 radical (unpaired) electrons. The molecule has 0 aromatic carbocycles. The highest BCUT2D eigenvalue weighted by Gasteiger charge is 2.36. The lowest BCUT2D eigenvalue weighted by Gasteiger charge is -2.26. The predicted octanol–water partition coefficient (Wildman–Crippen LogP) is -0.193. The first-order valence-corrected chi connectivity index (χ1v) is 5.20. The van der Waals surface area contributed by atoms with Crippen LogP contribution < -0.4 is 5.73 Å². The van der Waals surface area contributed by atoms with Crippen LogP contribution in [0.3, 0.4) is 0 Å². The summed E-state index contributed by atoms with van der Waals surface area (Å²) < 4.78 is 5.03. The van der Waals surface area contributed by atoms with E-state index in [4.69, 9.17) is 15.6 Å². The van der Waals surface area contributed by atoms with Crippen LogP contribution in [0.5, 0.6) is 0 Å². The van der Waals surface area contributed by atoms with E-state index in [9.17, 15) is 0 Å². The van der Waals surface area contributed by atoms with Gasteiger partial charge in [-0.05, 0) is 26.3 Å². The van der Waals surface area contributed by atoms with Crippen molar-refractivity contribution in [3.8, 4) is 0 Å². The number of hydrogen-bond donors (Lipinski definition) is 2. The fraction of sp³-hybridized carbons (Fsp3) is 1.00. The van der Waals surface area contributed by atoms with Gasteiger partial charge in [0.1, 0.15) is 0 Å². The smallest absolute Gasteiger partial charge is 0.0611 e. The molecule has 2 atom stereocenters. The van der Waals surface area contributed by atoms with Gasteiger partial charge in [0.25, 0.3) is 0 Å². The Kier molecular flexibility index (Phi) is 4.31. The molecule has 0 aromatic rings. The second kappa shape index (κ2) is 5.07. The Morgan fingerprint density at radius 3 is 2.86 bits per heavy atom. The zero-order valence-electron chi connectivity index (χ0n) is 9.20. The lowest BCUT2D eigenvalue weighted by molar-refractivity contribution is 0.132. The first kappa shape index (κ1) is 11.9. The quantitative estimate of drug-likeness (QED) is 0.648. The van der Waals surface area contributed by atoms with Crippen molar-refractivity contribution >= 4 is 0 Å². The summed E-state index contributed by atoms with van der Waals surface area (Å²) in [6.45, 7) is 1.79. The van der Waals surface area contributed by atoms with Gasteiger partial charge in [-0.3, -0.25) is 0 Å². The molecule has 4 nitrogen and oxygen atoms in total. The maximum atomic E-state index is 9.13. The summed E-state index contributed by atoms with van der Waals surface area (Å²) in [5, 5.41) is 9.13. The normalized spacial score (nSPS) is 32.8.